The van der Waals surface area contributed by atoms with E-state index in [0.717, 1.165) is 10.8 Å². The molecular weight excluding hydrogens is 314 g/mol. The van der Waals surface area contributed by atoms with Crippen molar-refractivity contribution < 1.29 is 14.4 Å². The number of allylic oxidation sites excluding steroid dienone is 4. The fourth-order valence-corrected chi connectivity index (χ4v) is 2.70. The van der Waals surface area contributed by atoms with Crippen LogP contribution in [0.15, 0.2) is 70.9 Å². The van der Waals surface area contributed by atoms with E-state index in [1.807, 2.05) is 44.2 Å². The summed E-state index contributed by atoms with van der Waals surface area (Å²) in [6.45, 7) is 5.65. The second-order valence-corrected chi connectivity index (χ2v) is 6.36. The number of hydrogen-bond acceptors (Lipinski definition) is 4. The fraction of sp³-hybridized carbons (Fsp3) is 0.190. The summed E-state index contributed by atoms with van der Waals surface area (Å²) >= 11 is 0. The van der Waals surface area contributed by atoms with Crippen molar-refractivity contribution in [1.29, 1.82) is 0 Å². The zero-order valence-corrected chi connectivity index (χ0v) is 14.4. The number of oxime groups is 1. The molecule has 0 fully saturated rings. The minimum Gasteiger partial charge on any atom is -0.312 e. The average molecular weight is 333 g/mol. The van der Waals surface area contributed by atoms with Crippen molar-refractivity contribution in [2.75, 3.05) is 0 Å². The van der Waals surface area contributed by atoms with E-state index in [2.05, 4.69) is 5.16 Å². The maximum atomic E-state index is 12.3. The Balaban J connectivity index is 1.83. The third-order valence-corrected chi connectivity index (χ3v) is 4.16. The van der Waals surface area contributed by atoms with Crippen LogP contribution in [0, 0.1) is 5.92 Å². The van der Waals surface area contributed by atoms with Gasteiger partial charge in [-0.15, -0.1) is 0 Å². The van der Waals surface area contributed by atoms with Gasteiger partial charge in [-0.2, -0.15) is 0 Å². The predicted octanol–water partition coefficient (Wildman–Crippen LogP) is 4.46. The smallest absolute Gasteiger partial charge is 0.312 e. The Hall–Kier alpha value is -3.01. The molecule has 4 heteroatoms. The molecule has 0 amide bonds. The number of ketones is 1. The molecule has 4 nitrogen and oxygen atoms in total. The Morgan fingerprint density at radius 2 is 1.76 bits per heavy atom. The number of fused-ring (bicyclic) bond motifs is 1. The summed E-state index contributed by atoms with van der Waals surface area (Å²) in [6, 6.07) is 13.2. The molecule has 0 bridgehead atoms. The summed E-state index contributed by atoms with van der Waals surface area (Å²) in [5.74, 6) is -0.465. The molecule has 0 heterocycles. The zero-order valence-electron chi connectivity index (χ0n) is 14.4. The van der Waals surface area contributed by atoms with Crippen molar-refractivity contribution in [1.82, 2.24) is 0 Å². The molecule has 0 saturated carbocycles. The molecule has 25 heavy (non-hydrogen) atoms. The van der Waals surface area contributed by atoms with E-state index in [1.165, 1.54) is 6.08 Å². The van der Waals surface area contributed by atoms with Crippen molar-refractivity contribution in [3.63, 3.8) is 0 Å². The Bertz CT molecular complexity index is 949. The minimum absolute atomic E-state index is 0.0210. The standard InChI is InChI=1S/C21H19NO3/c1-13(2)18-12-19(14(3)10-20(18)23)22-25-21(24)17-9-8-15-6-4-5-7-16(15)11-17/h4-13H,1-3H3. The van der Waals surface area contributed by atoms with Crippen LogP contribution in [0.5, 0.6) is 0 Å². The van der Waals surface area contributed by atoms with Crippen LogP contribution in [0.1, 0.15) is 31.1 Å². The summed E-state index contributed by atoms with van der Waals surface area (Å²) < 4.78 is 0. The first-order chi connectivity index (χ1) is 12.0. The summed E-state index contributed by atoms with van der Waals surface area (Å²) in [7, 11) is 0. The van der Waals surface area contributed by atoms with Gasteiger partial charge in [-0.1, -0.05) is 49.3 Å². The van der Waals surface area contributed by atoms with Gasteiger partial charge in [-0.25, -0.2) is 4.79 Å². The van der Waals surface area contributed by atoms with Crippen molar-refractivity contribution in [2.24, 2.45) is 11.1 Å². The van der Waals surface area contributed by atoms with Gasteiger partial charge in [0.25, 0.3) is 0 Å². The van der Waals surface area contributed by atoms with Gasteiger partial charge in [0.2, 0.25) is 0 Å². The number of hydrogen-bond donors (Lipinski definition) is 0. The fourth-order valence-electron chi connectivity index (χ4n) is 2.70. The zero-order chi connectivity index (χ0) is 18.0. The predicted molar refractivity (Wildman–Crippen MR) is 98.5 cm³/mol. The lowest BCUT2D eigenvalue weighted by molar-refractivity contribution is -0.111. The highest BCUT2D eigenvalue weighted by atomic mass is 16.7. The highest BCUT2D eigenvalue weighted by Crippen LogP contribution is 2.20. The SMILES string of the molecule is CC1=CC(=O)C(C(C)C)=CC1=NOC(=O)c1ccc2ccccc2c1. The summed E-state index contributed by atoms with van der Waals surface area (Å²) in [5, 5.41) is 5.98. The maximum Gasteiger partial charge on any atom is 0.365 e. The van der Waals surface area contributed by atoms with Gasteiger partial charge in [0, 0.05) is 5.57 Å². The first-order valence-electron chi connectivity index (χ1n) is 8.18. The van der Waals surface area contributed by atoms with E-state index in [-0.39, 0.29) is 11.7 Å². The molecule has 0 aromatic heterocycles. The maximum absolute atomic E-state index is 12.3. The van der Waals surface area contributed by atoms with Crippen LogP contribution in [0.4, 0.5) is 0 Å². The molecule has 1 aliphatic rings. The lowest BCUT2D eigenvalue weighted by Crippen LogP contribution is -2.16. The summed E-state index contributed by atoms with van der Waals surface area (Å²) in [6.07, 6.45) is 3.22. The van der Waals surface area contributed by atoms with Crippen molar-refractivity contribution in [3.05, 3.63) is 71.3 Å². The molecule has 0 spiro atoms. The molecule has 2 aromatic carbocycles. The lowest BCUT2D eigenvalue weighted by Gasteiger charge is -2.14. The Labute approximate surface area is 146 Å². The van der Waals surface area contributed by atoms with Gasteiger partial charge in [0.1, 0.15) is 5.71 Å². The Morgan fingerprint density at radius 1 is 1.04 bits per heavy atom. The van der Waals surface area contributed by atoms with Crippen LogP contribution in [-0.2, 0) is 9.63 Å². The van der Waals surface area contributed by atoms with Gasteiger partial charge in [0.15, 0.2) is 5.78 Å². The van der Waals surface area contributed by atoms with E-state index in [0.29, 0.717) is 22.4 Å². The Morgan fingerprint density at radius 3 is 2.48 bits per heavy atom. The highest BCUT2D eigenvalue weighted by Gasteiger charge is 2.19. The van der Waals surface area contributed by atoms with Gasteiger partial charge in [-0.3, -0.25) is 4.79 Å². The van der Waals surface area contributed by atoms with Crippen LogP contribution < -0.4 is 0 Å². The van der Waals surface area contributed by atoms with E-state index >= 15 is 0 Å². The molecule has 2 aromatic rings. The molecular formula is C21H19NO3. The quantitative estimate of drug-likeness (QED) is 0.473. The molecule has 126 valence electrons. The largest absolute Gasteiger partial charge is 0.365 e. The topological polar surface area (TPSA) is 55.7 Å². The van der Waals surface area contributed by atoms with Gasteiger partial charge < -0.3 is 4.84 Å². The monoisotopic (exact) mass is 333 g/mol. The second-order valence-electron chi connectivity index (χ2n) is 6.36. The highest BCUT2D eigenvalue weighted by molar-refractivity contribution is 6.21. The molecule has 3 rings (SSSR count). The Kier molecular flexibility index (Phi) is 4.61. The third kappa shape index (κ3) is 3.58. The number of nitrogens with zero attached hydrogens (tertiary/aromatic N) is 1. The van der Waals surface area contributed by atoms with Gasteiger partial charge in [0.05, 0.1) is 5.56 Å². The van der Waals surface area contributed by atoms with Crippen molar-refractivity contribution in [2.45, 2.75) is 20.8 Å². The lowest BCUT2D eigenvalue weighted by atomic mass is 9.90. The number of carbonyl (C=O) groups excluding carboxylic acids is 2. The normalized spacial score (nSPS) is 16.2. The first-order valence-corrected chi connectivity index (χ1v) is 8.18. The number of rotatable bonds is 3. The van der Waals surface area contributed by atoms with E-state index in [1.54, 1.807) is 25.1 Å². The summed E-state index contributed by atoms with van der Waals surface area (Å²) in [4.78, 5) is 29.4. The van der Waals surface area contributed by atoms with Crippen molar-refractivity contribution in [3.8, 4) is 0 Å². The second kappa shape index (κ2) is 6.85. The van der Waals surface area contributed by atoms with Crippen LogP contribution in [0.25, 0.3) is 10.8 Å². The van der Waals surface area contributed by atoms with E-state index in [4.69, 9.17) is 4.84 Å². The first kappa shape index (κ1) is 16.8. The molecule has 0 radical (unpaired) electrons. The third-order valence-electron chi connectivity index (χ3n) is 4.16. The minimum atomic E-state index is -0.526. The van der Waals surface area contributed by atoms with Gasteiger partial charge >= 0.3 is 5.97 Å². The number of benzene rings is 2. The van der Waals surface area contributed by atoms with Crippen LogP contribution in [0.2, 0.25) is 0 Å². The molecule has 0 unspecified atom stereocenters. The molecule has 0 aliphatic heterocycles. The van der Waals surface area contributed by atoms with Crippen LogP contribution >= 0.6 is 0 Å². The average Bonchev–Trinajstić information content (AvgIpc) is 2.60. The van der Waals surface area contributed by atoms with Gasteiger partial charge in [-0.05, 0) is 53.5 Å². The molecule has 0 atom stereocenters. The van der Waals surface area contributed by atoms with Crippen LogP contribution in [0.3, 0.4) is 0 Å². The molecule has 0 N–H and O–H groups in total. The van der Waals surface area contributed by atoms with Crippen LogP contribution in [-0.4, -0.2) is 17.5 Å². The van der Waals surface area contributed by atoms with E-state index < -0.39 is 5.97 Å². The summed E-state index contributed by atoms with van der Waals surface area (Å²) in [5.41, 5.74) is 2.27. The molecule has 1 aliphatic carbocycles. The number of carbonyl (C=O) groups is 2. The molecule has 0 saturated heterocycles. The van der Waals surface area contributed by atoms with Crippen molar-refractivity contribution >= 4 is 28.2 Å². The van der Waals surface area contributed by atoms with E-state index in [9.17, 15) is 9.59 Å².